The molecule has 1 aromatic heterocycles. The Bertz CT molecular complexity index is 546. The predicted octanol–water partition coefficient (Wildman–Crippen LogP) is 3.45. The van der Waals surface area contributed by atoms with E-state index in [1.54, 1.807) is 11.8 Å². The first kappa shape index (κ1) is 15.0. The maximum Gasteiger partial charge on any atom is 0.187 e. The summed E-state index contributed by atoms with van der Waals surface area (Å²) in [6, 6.07) is 6.99. The minimum absolute atomic E-state index is 0.309. The van der Waals surface area contributed by atoms with E-state index in [1.807, 2.05) is 26.4 Å². The molecule has 0 saturated heterocycles. The molecule has 0 radical (unpaired) electrons. The number of rotatable bonds is 5. The van der Waals surface area contributed by atoms with Gasteiger partial charge in [0.05, 0.1) is 0 Å². The van der Waals surface area contributed by atoms with Crippen molar-refractivity contribution >= 4 is 11.8 Å². The molecule has 0 aliphatic carbocycles. The number of nitrogens with one attached hydrogen (secondary N) is 1. The molecule has 0 aliphatic rings. The average Bonchev–Trinajstić information content (AvgIpc) is 2.40. The minimum Gasteiger partial charge on any atom is -0.312 e. The van der Waals surface area contributed by atoms with Crippen molar-refractivity contribution in [3.05, 3.63) is 52.8 Å². The molecule has 0 aliphatic heterocycles. The summed E-state index contributed by atoms with van der Waals surface area (Å²) in [5, 5.41) is 4.21. The number of nitrogens with zero attached hydrogens (tertiary/aromatic N) is 2. The first-order valence-corrected chi connectivity index (χ1v) is 7.74. The van der Waals surface area contributed by atoms with E-state index >= 15 is 0 Å². The Labute approximate surface area is 125 Å². The number of aryl methyl sites for hydroxylation is 3. The van der Waals surface area contributed by atoms with Gasteiger partial charge in [-0.1, -0.05) is 41.1 Å². The fraction of sp³-hybridized carbons (Fsp3) is 0.375. The van der Waals surface area contributed by atoms with Gasteiger partial charge in [0.15, 0.2) is 5.16 Å². The molecule has 1 heterocycles. The van der Waals surface area contributed by atoms with Crippen LogP contribution in [0.1, 0.15) is 28.3 Å². The van der Waals surface area contributed by atoms with Crippen LogP contribution < -0.4 is 5.32 Å². The van der Waals surface area contributed by atoms with Crippen LogP contribution in [0.5, 0.6) is 0 Å². The molecule has 0 spiro atoms. The molecule has 0 fully saturated rings. The Morgan fingerprint density at radius 3 is 2.15 bits per heavy atom. The normalized spacial score (nSPS) is 12.4. The lowest BCUT2D eigenvalue weighted by atomic mass is 10.0. The van der Waals surface area contributed by atoms with Crippen molar-refractivity contribution in [2.45, 2.75) is 32.0 Å². The highest BCUT2D eigenvalue weighted by Gasteiger charge is 2.11. The summed E-state index contributed by atoms with van der Waals surface area (Å²) in [5.74, 6) is 0.919. The molecule has 1 aromatic carbocycles. The van der Waals surface area contributed by atoms with Crippen molar-refractivity contribution in [3.63, 3.8) is 0 Å². The Hall–Kier alpha value is -1.39. The van der Waals surface area contributed by atoms with Gasteiger partial charge in [0.2, 0.25) is 0 Å². The molecule has 20 heavy (non-hydrogen) atoms. The summed E-state index contributed by atoms with van der Waals surface area (Å²) in [4.78, 5) is 8.67. The Kier molecular flexibility index (Phi) is 5.15. The van der Waals surface area contributed by atoms with Crippen molar-refractivity contribution in [1.29, 1.82) is 0 Å². The molecular formula is C16H21N3S. The first-order chi connectivity index (χ1) is 9.58. The van der Waals surface area contributed by atoms with Gasteiger partial charge < -0.3 is 5.32 Å². The van der Waals surface area contributed by atoms with Crippen LogP contribution in [0.15, 0.2) is 35.7 Å². The highest BCUT2D eigenvalue weighted by atomic mass is 32.2. The molecular weight excluding hydrogens is 266 g/mol. The fourth-order valence-electron chi connectivity index (χ4n) is 2.17. The number of hydrogen-bond acceptors (Lipinski definition) is 4. The molecule has 1 atom stereocenters. The van der Waals surface area contributed by atoms with E-state index in [0.717, 1.165) is 16.5 Å². The standard InChI is InChI=1S/C16H21N3S/c1-11-5-12(2)7-14(6-11)15(17-4)10-20-16-18-8-13(3)9-19-16/h5-9,15,17H,10H2,1-4H3. The van der Waals surface area contributed by atoms with Crippen molar-refractivity contribution in [2.75, 3.05) is 12.8 Å². The molecule has 1 N–H and O–H groups in total. The van der Waals surface area contributed by atoms with Crippen LogP contribution in [0.2, 0.25) is 0 Å². The highest BCUT2D eigenvalue weighted by molar-refractivity contribution is 7.99. The third kappa shape index (κ3) is 4.05. The van der Waals surface area contributed by atoms with Gasteiger partial charge in [-0.05, 0) is 38.9 Å². The Balaban J connectivity index is 2.07. The molecule has 4 heteroatoms. The van der Waals surface area contributed by atoms with Gasteiger partial charge in [-0.15, -0.1) is 0 Å². The van der Waals surface area contributed by atoms with E-state index in [4.69, 9.17) is 0 Å². The van der Waals surface area contributed by atoms with E-state index in [0.29, 0.717) is 6.04 Å². The number of benzene rings is 1. The van der Waals surface area contributed by atoms with E-state index < -0.39 is 0 Å². The van der Waals surface area contributed by atoms with E-state index in [1.165, 1.54) is 16.7 Å². The molecule has 0 saturated carbocycles. The van der Waals surface area contributed by atoms with Gasteiger partial charge in [-0.2, -0.15) is 0 Å². The van der Waals surface area contributed by atoms with E-state index in [2.05, 4.69) is 47.3 Å². The average molecular weight is 287 g/mol. The first-order valence-electron chi connectivity index (χ1n) is 6.75. The molecule has 0 bridgehead atoms. The minimum atomic E-state index is 0.309. The lowest BCUT2D eigenvalue weighted by Crippen LogP contribution is -2.19. The van der Waals surface area contributed by atoms with Crippen molar-refractivity contribution in [2.24, 2.45) is 0 Å². The van der Waals surface area contributed by atoms with Crippen molar-refractivity contribution in [1.82, 2.24) is 15.3 Å². The van der Waals surface area contributed by atoms with Gasteiger partial charge in [-0.3, -0.25) is 0 Å². The van der Waals surface area contributed by atoms with E-state index in [9.17, 15) is 0 Å². The summed E-state index contributed by atoms with van der Waals surface area (Å²) in [6.45, 7) is 6.28. The van der Waals surface area contributed by atoms with Gasteiger partial charge in [0.1, 0.15) is 0 Å². The molecule has 3 nitrogen and oxygen atoms in total. The zero-order valence-electron chi connectivity index (χ0n) is 12.5. The van der Waals surface area contributed by atoms with Crippen LogP contribution >= 0.6 is 11.8 Å². The number of aromatic nitrogens is 2. The second-order valence-electron chi connectivity index (χ2n) is 5.12. The van der Waals surface area contributed by atoms with Crippen LogP contribution in [0.4, 0.5) is 0 Å². The van der Waals surface area contributed by atoms with Crippen molar-refractivity contribution < 1.29 is 0 Å². The fourth-order valence-corrected chi connectivity index (χ4v) is 3.10. The van der Waals surface area contributed by atoms with Gasteiger partial charge in [-0.25, -0.2) is 9.97 Å². The summed E-state index contributed by atoms with van der Waals surface area (Å²) in [5.41, 5.74) is 5.02. The van der Waals surface area contributed by atoms with Gasteiger partial charge >= 0.3 is 0 Å². The Morgan fingerprint density at radius 1 is 1.00 bits per heavy atom. The van der Waals surface area contributed by atoms with Crippen LogP contribution in [0, 0.1) is 20.8 Å². The topological polar surface area (TPSA) is 37.8 Å². The lowest BCUT2D eigenvalue weighted by Gasteiger charge is -2.17. The molecule has 2 rings (SSSR count). The third-order valence-electron chi connectivity index (χ3n) is 3.13. The second kappa shape index (κ2) is 6.86. The van der Waals surface area contributed by atoms with Crippen LogP contribution in [0.3, 0.4) is 0 Å². The van der Waals surface area contributed by atoms with Crippen LogP contribution in [-0.2, 0) is 0 Å². The second-order valence-corrected chi connectivity index (χ2v) is 6.10. The summed E-state index contributed by atoms with van der Waals surface area (Å²) in [7, 11) is 2.00. The Morgan fingerprint density at radius 2 is 1.60 bits per heavy atom. The zero-order valence-corrected chi connectivity index (χ0v) is 13.3. The predicted molar refractivity (Wildman–Crippen MR) is 85.2 cm³/mol. The molecule has 106 valence electrons. The number of thioether (sulfide) groups is 1. The summed E-state index contributed by atoms with van der Waals surface area (Å²) >= 11 is 1.68. The smallest absolute Gasteiger partial charge is 0.187 e. The summed E-state index contributed by atoms with van der Waals surface area (Å²) in [6.07, 6.45) is 3.72. The SMILES string of the molecule is CNC(CSc1ncc(C)cn1)c1cc(C)cc(C)c1. The lowest BCUT2D eigenvalue weighted by molar-refractivity contribution is 0.659. The zero-order chi connectivity index (χ0) is 14.5. The molecule has 2 aromatic rings. The molecule has 1 unspecified atom stereocenters. The summed E-state index contributed by atoms with van der Waals surface area (Å²) < 4.78 is 0. The van der Waals surface area contributed by atoms with Crippen LogP contribution in [-0.4, -0.2) is 22.8 Å². The molecule has 0 amide bonds. The van der Waals surface area contributed by atoms with Crippen molar-refractivity contribution in [3.8, 4) is 0 Å². The third-order valence-corrected chi connectivity index (χ3v) is 4.10. The highest BCUT2D eigenvalue weighted by Crippen LogP contribution is 2.23. The monoisotopic (exact) mass is 287 g/mol. The largest absolute Gasteiger partial charge is 0.312 e. The maximum atomic E-state index is 4.34. The maximum absolute atomic E-state index is 4.34. The van der Waals surface area contributed by atoms with E-state index in [-0.39, 0.29) is 0 Å². The number of hydrogen-bond donors (Lipinski definition) is 1. The van der Waals surface area contributed by atoms with Gasteiger partial charge in [0.25, 0.3) is 0 Å². The van der Waals surface area contributed by atoms with Gasteiger partial charge in [0, 0.05) is 24.2 Å². The van der Waals surface area contributed by atoms with Crippen LogP contribution in [0.25, 0.3) is 0 Å². The quantitative estimate of drug-likeness (QED) is 0.675.